The minimum absolute atomic E-state index is 0.00318. The van der Waals surface area contributed by atoms with Crippen molar-refractivity contribution in [1.82, 2.24) is 10.2 Å². The molecule has 4 rings (SSSR count). The Bertz CT molecular complexity index is 1030. The van der Waals surface area contributed by atoms with E-state index in [1.54, 1.807) is 4.90 Å². The van der Waals surface area contributed by atoms with E-state index in [0.29, 0.717) is 32.4 Å². The van der Waals surface area contributed by atoms with Gasteiger partial charge in [0, 0.05) is 31.0 Å². The van der Waals surface area contributed by atoms with Crippen LogP contribution in [0.3, 0.4) is 0 Å². The second-order valence-electron chi connectivity index (χ2n) is 9.83. The second kappa shape index (κ2) is 9.87. The summed E-state index contributed by atoms with van der Waals surface area (Å²) >= 11 is 0. The van der Waals surface area contributed by atoms with Crippen molar-refractivity contribution in [3.05, 3.63) is 59.7 Å². The van der Waals surface area contributed by atoms with Crippen molar-refractivity contribution in [2.45, 2.75) is 51.0 Å². The van der Waals surface area contributed by atoms with Crippen LogP contribution in [0.1, 0.15) is 56.6 Å². The molecular weight excluding hydrogens is 432 g/mol. The third kappa shape index (κ3) is 5.24. The Hall–Kier alpha value is -3.35. The molecule has 2 amide bonds. The van der Waals surface area contributed by atoms with Crippen molar-refractivity contribution in [2.75, 3.05) is 19.7 Å². The summed E-state index contributed by atoms with van der Waals surface area (Å²) < 4.78 is 5.63. The summed E-state index contributed by atoms with van der Waals surface area (Å²) in [4.78, 5) is 38.0. The maximum atomic E-state index is 12.6. The Balaban J connectivity index is 1.27. The monoisotopic (exact) mass is 464 g/mol. The molecule has 7 heteroatoms. The summed E-state index contributed by atoms with van der Waals surface area (Å²) in [6, 6.07) is 16.4. The first-order chi connectivity index (χ1) is 16.2. The Morgan fingerprint density at radius 3 is 2.12 bits per heavy atom. The summed E-state index contributed by atoms with van der Waals surface area (Å²) in [6.07, 6.45) is 1.23. The minimum Gasteiger partial charge on any atom is -0.481 e. The van der Waals surface area contributed by atoms with Gasteiger partial charge in [0.15, 0.2) is 0 Å². The molecule has 2 aromatic carbocycles. The zero-order valence-electron chi connectivity index (χ0n) is 19.8. The lowest BCUT2D eigenvalue weighted by Gasteiger charge is -2.32. The molecule has 1 saturated heterocycles. The van der Waals surface area contributed by atoms with Gasteiger partial charge in [-0.1, -0.05) is 48.5 Å². The standard InChI is InChI=1S/C27H32N2O5/c1-27(2,14-11-24(30)29-15-12-18(13-16-29)25(31)32)28-26(33)34-17-23-21-9-5-3-7-19(21)20-8-4-6-10-22(20)23/h3-10,18,23H,11-17H2,1-2H3,(H,28,33)(H,31,32). The van der Waals surface area contributed by atoms with Gasteiger partial charge in [0.25, 0.3) is 0 Å². The summed E-state index contributed by atoms with van der Waals surface area (Å²) in [5, 5.41) is 12.0. The second-order valence-corrected chi connectivity index (χ2v) is 9.83. The number of benzene rings is 2. The molecule has 1 aliphatic carbocycles. The summed E-state index contributed by atoms with van der Waals surface area (Å²) in [5.41, 5.74) is 4.06. The van der Waals surface area contributed by atoms with E-state index in [0.717, 1.165) is 11.1 Å². The van der Waals surface area contributed by atoms with Gasteiger partial charge in [0.05, 0.1) is 5.92 Å². The number of ether oxygens (including phenoxy) is 1. The van der Waals surface area contributed by atoms with Gasteiger partial charge in [-0.3, -0.25) is 9.59 Å². The van der Waals surface area contributed by atoms with E-state index in [1.807, 2.05) is 38.1 Å². The number of hydrogen-bond acceptors (Lipinski definition) is 4. The van der Waals surface area contributed by atoms with Crippen LogP contribution < -0.4 is 5.32 Å². The number of likely N-dealkylation sites (tertiary alicyclic amines) is 1. The first-order valence-corrected chi connectivity index (χ1v) is 11.9. The molecular formula is C27H32N2O5. The van der Waals surface area contributed by atoms with Crippen LogP contribution >= 0.6 is 0 Å². The van der Waals surface area contributed by atoms with E-state index < -0.39 is 17.6 Å². The largest absolute Gasteiger partial charge is 0.481 e. The van der Waals surface area contributed by atoms with Crippen molar-refractivity contribution in [3.63, 3.8) is 0 Å². The zero-order valence-corrected chi connectivity index (χ0v) is 19.8. The molecule has 0 bridgehead atoms. The van der Waals surface area contributed by atoms with E-state index in [9.17, 15) is 14.4 Å². The number of aliphatic carboxylic acids is 1. The van der Waals surface area contributed by atoms with Crippen molar-refractivity contribution >= 4 is 18.0 Å². The Labute approximate surface area is 200 Å². The molecule has 2 N–H and O–H groups in total. The number of carbonyl (C=O) groups excluding carboxylic acids is 2. The molecule has 0 saturated carbocycles. The number of hydrogen-bond donors (Lipinski definition) is 2. The van der Waals surface area contributed by atoms with Gasteiger partial charge in [0.1, 0.15) is 6.61 Å². The van der Waals surface area contributed by atoms with Gasteiger partial charge < -0.3 is 20.1 Å². The highest BCUT2D eigenvalue weighted by Gasteiger charge is 2.31. The number of carboxylic acids is 1. The maximum absolute atomic E-state index is 12.6. The number of piperidine rings is 1. The van der Waals surface area contributed by atoms with Crippen molar-refractivity contribution in [2.24, 2.45) is 5.92 Å². The van der Waals surface area contributed by atoms with E-state index >= 15 is 0 Å². The molecule has 0 atom stereocenters. The molecule has 180 valence electrons. The van der Waals surface area contributed by atoms with Crippen LogP contribution in [0.5, 0.6) is 0 Å². The molecule has 34 heavy (non-hydrogen) atoms. The lowest BCUT2D eigenvalue weighted by Crippen LogP contribution is -2.46. The number of fused-ring (bicyclic) bond motifs is 3. The first kappa shape index (κ1) is 23.8. The van der Waals surface area contributed by atoms with E-state index in [4.69, 9.17) is 9.84 Å². The third-order valence-corrected chi connectivity index (χ3v) is 6.94. The highest BCUT2D eigenvalue weighted by molar-refractivity contribution is 5.79. The molecule has 1 heterocycles. The lowest BCUT2D eigenvalue weighted by molar-refractivity contribution is -0.145. The van der Waals surface area contributed by atoms with Crippen LogP contribution in [0, 0.1) is 5.92 Å². The van der Waals surface area contributed by atoms with Gasteiger partial charge in [-0.25, -0.2) is 4.79 Å². The number of alkyl carbamates (subject to hydrolysis) is 1. The average Bonchev–Trinajstić information content (AvgIpc) is 3.15. The topological polar surface area (TPSA) is 95.9 Å². The normalized spacial score (nSPS) is 16.0. The number of amides is 2. The number of carboxylic acid groups (broad SMARTS) is 1. The SMILES string of the molecule is CC(C)(CCC(=O)N1CCC(C(=O)O)CC1)NC(=O)OCC1c2ccccc2-c2ccccc21. The molecule has 1 fully saturated rings. The lowest BCUT2D eigenvalue weighted by atomic mass is 9.95. The van der Waals surface area contributed by atoms with Crippen LogP contribution in [-0.4, -0.2) is 53.2 Å². The Morgan fingerprint density at radius 1 is 1.00 bits per heavy atom. The summed E-state index contributed by atoms with van der Waals surface area (Å²) in [7, 11) is 0. The smallest absolute Gasteiger partial charge is 0.407 e. The molecule has 2 aliphatic rings. The van der Waals surface area contributed by atoms with Gasteiger partial charge in [-0.05, 0) is 55.4 Å². The number of nitrogens with one attached hydrogen (secondary N) is 1. The van der Waals surface area contributed by atoms with Crippen LogP contribution in [-0.2, 0) is 14.3 Å². The fraction of sp³-hybridized carbons (Fsp3) is 0.444. The molecule has 1 aliphatic heterocycles. The molecule has 2 aromatic rings. The van der Waals surface area contributed by atoms with Crippen molar-refractivity contribution in [3.8, 4) is 11.1 Å². The maximum Gasteiger partial charge on any atom is 0.407 e. The minimum atomic E-state index is -0.791. The van der Waals surface area contributed by atoms with Crippen molar-refractivity contribution < 1.29 is 24.2 Å². The molecule has 0 unspecified atom stereocenters. The Kier molecular flexibility index (Phi) is 6.91. The third-order valence-electron chi connectivity index (χ3n) is 6.94. The van der Waals surface area contributed by atoms with Gasteiger partial charge in [-0.2, -0.15) is 0 Å². The zero-order chi connectivity index (χ0) is 24.3. The first-order valence-electron chi connectivity index (χ1n) is 11.9. The van der Waals surface area contributed by atoms with Gasteiger partial charge in [0.2, 0.25) is 5.91 Å². The molecule has 7 nitrogen and oxygen atoms in total. The highest BCUT2D eigenvalue weighted by atomic mass is 16.5. The number of carbonyl (C=O) groups is 3. The predicted molar refractivity (Wildman–Crippen MR) is 128 cm³/mol. The summed E-state index contributed by atoms with van der Waals surface area (Å²) in [5.74, 6) is -1.17. The van der Waals surface area contributed by atoms with Crippen molar-refractivity contribution in [1.29, 1.82) is 0 Å². The number of rotatable bonds is 7. The van der Waals surface area contributed by atoms with Crippen LogP contribution in [0.2, 0.25) is 0 Å². The Morgan fingerprint density at radius 2 is 1.56 bits per heavy atom. The summed E-state index contributed by atoms with van der Waals surface area (Å²) in [6.45, 7) is 4.93. The molecule has 0 radical (unpaired) electrons. The fourth-order valence-corrected chi connectivity index (χ4v) is 4.93. The molecule has 0 spiro atoms. The van der Waals surface area contributed by atoms with E-state index in [-0.39, 0.29) is 30.8 Å². The number of nitrogens with zero attached hydrogens (tertiary/aromatic N) is 1. The van der Waals surface area contributed by atoms with Crippen LogP contribution in [0.25, 0.3) is 11.1 Å². The van der Waals surface area contributed by atoms with Gasteiger partial charge in [-0.15, -0.1) is 0 Å². The van der Waals surface area contributed by atoms with Crippen LogP contribution in [0.4, 0.5) is 4.79 Å². The predicted octanol–water partition coefficient (Wildman–Crippen LogP) is 4.41. The van der Waals surface area contributed by atoms with Crippen LogP contribution in [0.15, 0.2) is 48.5 Å². The fourth-order valence-electron chi connectivity index (χ4n) is 4.93. The quantitative estimate of drug-likeness (QED) is 0.633. The average molecular weight is 465 g/mol. The highest BCUT2D eigenvalue weighted by Crippen LogP contribution is 2.44. The van der Waals surface area contributed by atoms with E-state index in [2.05, 4.69) is 29.6 Å². The van der Waals surface area contributed by atoms with Gasteiger partial charge >= 0.3 is 12.1 Å². The molecule has 0 aromatic heterocycles. The van der Waals surface area contributed by atoms with E-state index in [1.165, 1.54) is 11.1 Å².